The number of fused-ring (bicyclic) bond motifs is 1. The Balaban J connectivity index is 1.66. The number of aliphatic hydroxyl groups excluding tert-OH is 1. The van der Waals surface area contributed by atoms with Gasteiger partial charge in [-0.2, -0.15) is 0 Å². The average Bonchev–Trinajstić information content (AvgIpc) is 3.46. The lowest BCUT2D eigenvalue weighted by atomic mass is 9.58. The topological polar surface area (TPSA) is 89.1 Å². The van der Waals surface area contributed by atoms with Gasteiger partial charge in [0.25, 0.3) is 0 Å². The molecule has 0 saturated carbocycles. The fourth-order valence-corrected chi connectivity index (χ4v) is 6.74. The van der Waals surface area contributed by atoms with Crippen molar-refractivity contribution >= 4 is 11.7 Å². The number of nitrogens with one attached hydrogen (secondary N) is 2. The molecule has 32 heavy (non-hydrogen) atoms. The third-order valence-electron chi connectivity index (χ3n) is 8.11. The average molecular weight is 443 g/mol. The number of hydrogen-bond donors (Lipinski definition) is 3. The van der Waals surface area contributed by atoms with Gasteiger partial charge in [0.05, 0.1) is 36.9 Å². The molecule has 2 saturated heterocycles. The van der Waals surface area contributed by atoms with E-state index < -0.39 is 11.4 Å². The molecule has 4 aliphatic rings. The number of aliphatic hydroxyl groups is 1. The predicted octanol–water partition coefficient (Wildman–Crippen LogP) is 2.70. The van der Waals surface area contributed by atoms with Gasteiger partial charge in [-0.25, -0.2) is 4.79 Å². The van der Waals surface area contributed by atoms with Crippen LogP contribution >= 0.6 is 0 Å². The minimum absolute atomic E-state index is 0.0224. The molecular weight excluding hydrogens is 408 g/mol. The van der Waals surface area contributed by atoms with E-state index in [0.717, 1.165) is 30.8 Å². The highest BCUT2D eigenvalue weighted by atomic mass is 16.8. The first-order valence-corrected chi connectivity index (χ1v) is 11.7. The molecule has 7 nitrogen and oxygen atoms in total. The number of ether oxygens (including phenoxy) is 3. The maximum atomic E-state index is 13.1. The van der Waals surface area contributed by atoms with E-state index in [9.17, 15) is 9.90 Å². The lowest BCUT2D eigenvalue weighted by molar-refractivity contribution is -0.168. The summed E-state index contributed by atoms with van der Waals surface area (Å²) in [5.74, 6) is -1.40. The van der Waals surface area contributed by atoms with E-state index >= 15 is 0 Å². The van der Waals surface area contributed by atoms with E-state index in [0.29, 0.717) is 18.6 Å². The third-order valence-corrected chi connectivity index (χ3v) is 8.11. The van der Waals surface area contributed by atoms with Crippen molar-refractivity contribution in [3.8, 4) is 0 Å². The molecule has 0 aromatic heterocycles. The van der Waals surface area contributed by atoms with E-state index in [-0.39, 0.29) is 35.9 Å². The molecule has 3 heterocycles. The predicted molar refractivity (Wildman–Crippen MR) is 120 cm³/mol. The Bertz CT molecular complexity index is 959. The van der Waals surface area contributed by atoms with Crippen LogP contribution in [0.5, 0.6) is 0 Å². The fraction of sp³-hybridized carbons (Fsp3) is 0.640. The molecule has 1 spiro atoms. The summed E-state index contributed by atoms with van der Waals surface area (Å²) in [5, 5.41) is 17.9. The molecule has 0 amide bonds. The van der Waals surface area contributed by atoms with Crippen molar-refractivity contribution in [2.45, 2.75) is 62.9 Å². The van der Waals surface area contributed by atoms with Crippen molar-refractivity contribution in [1.82, 2.24) is 5.32 Å². The Hall–Kier alpha value is -1.93. The standard InChI is InChI=1S/C25H34N2O5/c1-5-24(14-31-23(2,3)32-24)12-15-16(13-28)19(22(29)30-4)21-25(10-11-26-20(15)25)17-8-6-7-9-18(17)27-21/h6-9,15-16,20,26-28H,5,10-14H2,1-4H3/t15-,16-,20+,24+,25-/m0/s1. The van der Waals surface area contributed by atoms with Crippen molar-refractivity contribution in [2.24, 2.45) is 11.8 Å². The second-order valence-corrected chi connectivity index (χ2v) is 10.1. The van der Waals surface area contributed by atoms with Gasteiger partial charge in [-0.1, -0.05) is 25.1 Å². The highest BCUT2D eigenvalue weighted by molar-refractivity contribution is 5.93. The zero-order chi connectivity index (χ0) is 22.7. The summed E-state index contributed by atoms with van der Waals surface area (Å²) in [7, 11) is 1.41. The molecule has 1 aromatic rings. The van der Waals surface area contributed by atoms with E-state index in [1.165, 1.54) is 12.7 Å². The minimum Gasteiger partial charge on any atom is -0.466 e. The Morgan fingerprint density at radius 3 is 2.75 bits per heavy atom. The van der Waals surface area contributed by atoms with Crippen molar-refractivity contribution in [3.63, 3.8) is 0 Å². The monoisotopic (exact) mass is 442 g/mol. The number of para-hydroxylation sites is 1. The lowest BCUT2D eigenvalue weighted by Crippen LogP contribution is -2.56. The molecule has 0 radical (unpaired) electrons. The third kappa shape index (κ3) is 2.98. The van der Waals surface area contributed by atoms with E-state index in [2.05, 4.69) is 35.8 Å². The van der Waals surface area contributed by atoms with Crippen LogP contribution in [0, 0.1) is 11.8 Å². The second kappa shape index (κ2) is 7.55. The fourth-order valence-electron chi connectivity index (χ4n) is 6.74. The van der Waals surface area contributed by atoms with Crippen molar-refractivity contribution in [3.05, 3.63) is 41.1 Å². The summed E-state index contributed by atoms with van der Waals surface area (Å²) in [5.41, 5.74) is 2.90. The van der Waals surface area contributed by atoms with Crippen LogP contribution in [-0.4, -0.2) is 55.4 Å². The van der Waals surface area contributed by atoms with E-state index in [1.54, 1.807) is 0 Å². The summed E-state index contributed by atoms with van der Waals surface area (Å²) >= 11 is 0. The lowest BCUT2D eigenvalue weighted by Gasteiger charge is -2.48. The first kappa shape index (κ1) is 21.9. The van der Waals surface area contributed by atoms with Gasteiger partial charge < -0.3 is 30.0 Å². The molecule has 1 aliphatic carbocycles. The van der Waals surface area contributed by atoms with Gasteiger partial charge in [0.1, 0.15) is 0 Å². The highest BCUT2D eigenvalue weighted by Crippen LogP contribution is 2.59. The first-order chi connectivity index (χ1) is 15.3. The number of hydrogen-bond acceptors (Lipinski definition) is 7. The summed E-state index contributed by atoms with van der Waals surface area (Å²) < 4.78 is 17.7. The van der Waals surface area contributed by atoms with Gasteiger partial charge in [-0.3, -0.25) is 0 Å². The van der Waals surface area contributed by atoms with Crippen LogP contribution in [0.15, 0.2) is 35.5 Å². The van der Waals surface area contributed by atoms with Gasteiger partial charge in [-0.05, 0) is 57.2 Å². The number of carbonyl (C=O) groups is 1. The highest BCUT2D eigenvalue weighted by Gasteiger charge is 2.62. The Morgan fingerprint density at radius 2 is 2.09 bits per heavy atom. The normalized spacial score (nSPS) is 37.0. The molecule has 5 atom stereocenters. The van der Waals surface area contributed by atoms with Crippen LogP contribution in [-0.2, 0) is 24.4 Å². The number of anilines is 1. The van der Waals surface area contributed by atoms with Crippen molar-refractivity contribution in [1.29, 1.82) is 0 Å². The smallest absolute Gasteiger partial charge is 0.335 e. The molecule has 1 aromatic carbocycles. The molecule has 3 aliphatic heterocycles. The maximum Gasteiger partial charge on any atom is 0.335 e. The molecule has 7 heteroatoms. The summed E-state index contributed by atoms with van der Waals surface area (Å²) in [6, 6.07) is 8.35. The van der Waals surface area contributed by atoms with Gasteiger partial charge in [0, 0.05) is 23.3 Å². The zero-order valence-electron chi connectivity index (χ0n) is 19.4. The van der Waals surface area contributed by atoms with Crippen LogP contribution in [0.4, 0.5) is 5.69 Å². The second-order valence-electron chi connectivity index (χ2n) is 10.1. The summed E-state index contributed by atoms with van der Waals surface area (Å²) in [6.45, 7) is 7.22. The van der Waals surface area contributed by atoms with Crippen LogP contribution in [0.1, 0.15) is 45.6 Å². The number of esters is 1. The molecule has 5 rings (SSSR count). The summed E-state index contributed by atoms with van der Waals surface area (Å²) in [4.78, 5) is 13.1. The Morgan fingerprint density at radius 1 is 1.31 bits per heavy atom. The first-order valence-electron chi connectivity index (χ1n) is 11.7. The largest absolute Gasteiger partial charge is 0.466 e. The Labute approximate surface area is 189 Å². The number of benzene rings is 1. The quantitative estimate of drug-likeness (QED) is 0.604. The number of carbonyl (C=O) groups excluding carboxylic acids is 1. The summed E-state index contributed by atoms with van der Waals surface area (Å²) in [6.07, 6.45) is 2.37. The number of methoxy groups -OCH3 is 1. The van der Waals surface area contributed by atoms with Crippen molar-refractivity contribution in [2.75, 3.05) is 32.2 Å². The minimum atomic E-state index is -0.645. The Kier molecular flexibility index (Phi) is 5.17. The number of rotatable bonds is 5. The molecule has 2 fully saturated rings. The van der Waals surface area contributed by atoms with Gasteiger partial charge >= 0.3 is 5.97 Å². The van der Waals surface area contributed by atoms with E-state index in [4.69, 9.17) is 14.2 Å². The molecular formula is C25H34N2O5. The zero-order valence-corrected chi connectivity index (χ0v) is 19.4. The molecule has 3 N–H and O–H groups in total. The molecule has 174 valence electrons. The van der Waals surface area contributed by atoms with E-state index in [1.807, 2.05) is 19.9 Å². The van der Waals surface area contributed by atoms with Crippen LogP contribution in [0.25, 0.3) is 0 Å². The van der Waals surface area contributed by atoms with Gasteiger partial charge in [0.15, 0.2) is 5.79 Å². The molecule has 0 bridgehead atoms. The molecule has 0 unspecified atom stereocenters. The van der Waals surface area contributed by atoms with Crippen LogP contribution in [0.3, 0.4) is 0 Å². The SMILES string of the molecule is CC[C@@]1(C[C@H]2[C@H](CO)C(C(=O)OC)=C3Nc4ccccc4[C@]34CCN[C@H]24)COC(C)(C)O1. The van der Waals surface area contributed by atoms with Gasteiger partial charge in [-0.15, -0.1) is 0 Å². The van der Waals surface area contributed by atoms with Crippen LogP contribution in [0.2, 0.25) is 0 Å². The van der Waals surface area contributed by atoms with Crippen LogP contribution < -0.4 is 10.6 Å². The maximum absolute atomic E-state index is 13.1. The van der Waals surface area contributed by atoms with Gasteiger partial charge in [0.2, 0.25) is 0 Å². The van der Waals surface area contributed by atoms with Crippen molar-refractivity contribution < 1.29 is 24.1 Å².